The number of carbonyl (C=O) groups excluding carboxylic acids is 3. The van der Waals surface area contributed by atoms with Gasteiger partial charge in [0.25, 0.3) is 0 Å². The molecule has 1 saturated heterocycles. The number of amides is 2. The van der Waals surface area contributed by atoms with Gasteiger partial charge in [0, 0.05) is 17.9 Å². The first kappa shape index (κ1) is 13.3. The first-order valence-corrected chi connectivity index (χ1v) is 6.04. The molecule has 0 aliphatic carbocycles. The zero-order valence-electron chi connectivity index (χ0n) is 10.9. The summed E-state index contributed by atoms with van der Waals surface area (Å²) in [5, 5.41) is 0. The highest BCUT2D eigenvalue weighted by Gasteiger charge is 2.36. The van der Waals surface area contributed by atoms with E-state index in [2.05, 4.69) is 0 Å². The lowest BCUT2D eigenvalue weighted by atomic mass is 10.1. The minimum absolute atomic E-state index is 0.186. The summed E-state index contributed by atoms with van der Waals surface area (Å²) in [6.07, 6.45) is 0.189. The van der Waals surface area contributed by atoms with Crippen molar-refractivity contribution in [3.63, 3.8) is 0 Å². The van der Waals surface area contributed by atoms with Crippen LogP contribution in [0.25, 0.3) is 0 Å². The molecule has 19 heavy (non-hydrogen) atoms. The zero-order valence-corrected chi connectivity index (χ0v) is 10.9. The maximum atomic E-state index is 12.0. The summed E-state index contributed by atoms with van der Waals surface area (Å²) in [6.45, 7) is 1.51. The van der Waals surface area contributed by atoms with Crippen LogP contribution in [-0.4, -0.2) is 36.2 Å². The van der Waals surface area contributed by atoms with Crippen LogP contribution in [-0.2, 0) is 9.59 Å². The standard InChI is InChI=1S/C14H15NO4/c1-9-7-13(17)15(14(9)18)8-12(16)10-3-5-11(19-2)6-4-10/h3-6,9H,7-8H2,1-2H3. The van der Waals surface area contributed by atoms with Crippen molar-refractivity contribution in [3.05, 3.63) is 29.8 Å². The molecule has 1 heterocycles. The van der Waals surface area contributed by atoms with Crippen molar-refractivity contribution in [2.75, 3.05) is 13.7 Å². The van der Waals surface area contributed by atoms with E-state index >= 15 is 0 Å². The summed E-state index contributed by atoms with van der Waals surface area (Å²) in [6, 6.07) is 6.58. The lowest BCUT2D eigenvalue weighted by Crippen LogP contribution is -2.35. The Labute approximate surface area is 111 Å². The number of methoxy groups -OCH3 is 1. The Bertz CT molecular complexity index is 521. The van der Waals surface area contributed by atoms with Crippen LogP contribution in [0.3, 0.4) is 0 Å². The predicted octanol–water partition coefficient (Wildman–Crippen LogP) is 1.27. The summed E-state index contributed by atoms with van der Waals surface area (Å²) < 4.78 is 5.00. The minimum Gasteiger partial charge on any atom is -0.497 e. The van der Waals surface area contributed by atoms with Gasteiger partial charge in [0.05, 0.1) is 13.7 Å². The molecule has 0 bridgehead atoms. The van der Waals surface area contributed by atoms with Crippen LogP contribution >= 0.6 is 0 Å². The number of hydrogen-bond acceptors (Lipinski definition) is 4. The Balaban J connectivity index is 2.08. The molecule has 1 aromatic carbocycles. The van der Waals surface area contributed by atoms with E-state index in [-0.39, 0.29) is 36.5 Å². The van der Waals surface area contributed by atoms with Crippen molar-refractivity contribution in [3.8, 4) is 5.75 Å². The molecular weight excluding hydrogens is 246 g/mol. The molecule has 1 unspecified atom stereocenters. The molecule has 1 fully saturated rings. The van der Waals surface area contributed by atoms with Crippen LogP contribution in [0.4, 0.5) is 0 Å². The van der Waals surface area contributed by atoms with Crippen molar-refractivity contribution < 1.29 is 19.1 Å². The number of nitrogens with zero attached hydrogens (tertiary/aromatic N) is 1. The highest BCUT2D eigenvalue weighted by Crippen LogP contribution is 2.19. The highest BCUT2D eigenvalue weighted by molar-refractivity contribution is 6.08. The van der Waals surface area contributed by atoms with Gasteiger partial charge in [-0.1, -0.05) is 6.92 Å². The van der Waals surface area contributed by atoms with E-state index in [1.807, 2.05) is 0 Å². The number of ketones is 1. The zero-order chi connectivity index (χ0) is 14.0. The number of Topliss-reactive ketones (excluding diaryl/α,β-unsaturated/α-hetero) is 1. The quantitative estimate of drug-likeness (QED) is 0.605. The summed E-state index contributed by atoms with van der Waals surface area (Å²) in [5.74, 6) is -0.473. The van der Waals surface area contributed by atoms with E-state index in [0.717, 1.165) is 4.90 Å². The molecule has 5 heteroatoms. The average molecular weight is 261 g/mol. The second-order valence-electron chi connectivity index (χ2n) is 4.57. The molecule has 2 rings (SSSR count). The number of likely N-dealkylation sites (tertiary alicyclic amines) is 1. The lowest BCUT2D eigenvalue weighted by molar-refractivity contribution is -0.138. The number of hydrogen-bond donors (Lipinski definition) is 0. The molecule has 1 aliphatic heterocycles. The van der Waals surface area contributed by atoms with E-state index in [4.69, 9.17) is 4.74 Å². The van der Waals surface area contributed by atoms with Gasteiger partial charge in [0.2, 0.25) is 11.8 Å². The first-order chi connectivity index (χ1) is 9.02. The summed E-state index contributed by atoms with van der Waals surface area (Å²) in [4.78, 5) is 36.4. The number of rotatable bonds is 4. The highest BCUT2D eigenvalue weighted by atomic mass is 16.5. The third kappa shape index (κ3) is 2.65. The molecule has 5 nitrogen and oxygen atoms in total. The van der Waals surface area contributed by atoms with Crippen molar-refractivity contribution >= 4 is 17.6 Å². The smallest absolute Gasteiger partial charge is 0.232 e. The normalized spacial score (nSPS) is 18.8. The number of benzene rings is 1. The molecule has 1 aromatic rings. The van der Waals surface area contributed by atoms with Gasteiger partial charge in [-0.05, 0) is 24.3 Å². The molecule has 0 N–H and O–H groups in total. The van der Waals surface area contributed by atoms with Gasteiger partial charge in [-0.3, -0.25) is 19.3 Å². The van der Waals surface area contributed by atoms with E-state index in [0.29, 0.717) is 11.3 Å². The van der Waals surface area contributed by atoms with Gasteiger partial charge in [-0.2, -0.15) is 0 Å². The van der Waals surface area contributed by atoms with E-state index < -0.39 is 0 Å². The molecule has 0 aromatic heterocycles. The molecule has 0 spiro atoms. The first-order valence-electron chi connectivity index (χ1n) is 6.04. The monoisotopic (exact) mass is 261 g/mol. The second-order valence-corrected chi connectivity index (χ2v) is 4.57. The topological polar surface area (TPSA) is 63.7 Å². The van der Waals surface area contributed by atoms with Crippen molar-refractivity contribution in [1.82, 2.24) is 4.90 Å². The Morgan fingerprint density at radius 2 is 1.95 bits per heavy atom. The van der Waals surface area contributed by atoms with Gasteiger partial charge >= 0.3 is 0 Å². The maximum Gasteiger partial charge on any atom is 0.232 e. The summed E-state index contributed by atoms with van der Waals surface area (Å²) >= 11 is 0. The average Bonchev–Trinajstić information content (AvgIpc) is 2.65. The molecule has 0 radical (unpaired) electrons. The number of imide groups is 1. The molecule has 100 valence electrons. The molecular formula is C14H15NO4. The van der Waals surface area contributed by atoms with E-state index in [1.54, 1.807) is 38.3 Å². The van der Waals surface area contributed by atoms with Gasteiger partial charge in [0.15, 0.2) is 5.78 Å². The molecule has 1 aliphatic rings. The largest absolute Gasteiger partial charge is 0.497 e. The van der Waals surface area contributed by atoms with Crippen LogP contribution in [0.2, 0.25) is 0 Å². The summed E-state index contributed by atoms with van der Waals surface area (Å²) in [5.41, 5.74) is 0.459. The predicted molar refractivity (Wildman–Crippen MR) is 67.8 cm³/mol. The van der Waals surface area contributed by atoms with Crippen molar-refractivity contribution in [1.29, 1.82) is 0 Å². The second kappa shape index (κ2) is 5.22. The van der Waals surface area contributed by atoms with Gasteiger partial charge in [-0.25, -0.2) is 0 Å². The van der Waals surface area contributed by atoms with Crippen LogP contribution in [0, 0.1) is 5.92 Å². The van der Waals surface area contributed by atoms with Crippen molar-refractivity contribution in [2.45, 2.75) is 13.3 Å². The fourth-order valence-corrected chi connectivity index (χ4v) is 2.03. The third-order valence-corrected chi connectivity index (χ3v) is 3.18. The maximum absolute atomic E-state index is 12.0. The minimum atomic E-state index is -0.323. The molecule has 1 atom stereocenters. The Kier molecular flexibility index (Phi) is 3.64. The van der Waals surface area contributed by atoms with E-state index in [1.165, 1.54) is 0 Å². The Morgan fingerprint density at radius 1 is 1.32 bits per heavy atom. The Morgan fingerprint density at radius 3 is 2.42 bits per heavy atom. The number of ether oxygens (including phenoxy) is 1. The lowest BCUT2D eigenvalue weighted by Gasteiger charge is -2.13. The van der Waals surface area contributed by atoms with Crippen LogP contribution in [0.5, 0.6) is 5.75 Å². The van der Waals surface area contributed by atoms with Gasteiger partial charge < -0.3 is 4.74 Å². The fourth-order valence-electron chi connectivity index (χ4n) is 2.03. The number of carbonyl (C=O) groups is 3. The van der Waals surface area contributed by atoms with Gasteiger partial charge in [0.1, 0.15) is 5.75 Å². The molecule has 0 saturated carbocycles. The Hall–Kier alpha value is -2.17. The SMILES string of the molecule is COc1ccc(C(=O)CN2C(=O)CC(C)C2=O)cc1. The van der Waals surface area contributed by atoms with Crippen LogP contribution in [0.1, 0.15) is 23.7 Å². The summed E-state index contributed by atoms with van der Waals surface area (Å²) in [7, 11) is 1.54. The van der Waals surface area contributed by atoms with Crippen LogP contribution in [0.15, 0.2) is 24.3 Å². The van der Waals surface area contributed by atoms with E-state index in [9.17, 15) is 14.4 Å². The van der Waals surface area contributed by atoms with Crippen molar-refractivity contribution in [2.24, 2.45) is 5.92 Å². The van der Waals surface area contributed by atoms with Crippen LogP contribution < -0.4 is 4.74 Å². The fraction of sp³-hybridized carbons (Fsp3) is 0.357. The van der Waals surface area contributed by atoms with Gasteiger partial charge in [-0.15, -0.1) is 0 Å². The third-order valence-electron chi connectivity index (χ3n) is 3.18. The molecule has 2 amide bonds.